The molecule has 1 saturated heterocycles. The fourth-order valence-corrected chi connectivity index (χ4v) is 2.49. The summed E-state index contributed by atoms with van der Waals surface area (Å²) in [6, 6.07) is 1.89. The first-order valence-electron chi connectivity index (χ1n) is 7.09. The van der Waals surface area contributed by atoms with Crippen LogP contribution in [0.15, 0.2) is 18.5 Å². The summed E-state index contributed by atoms with van der Waals surface area (Å²) < 4.78 is 8.72. The average molecular weight is 292 g/mol. The fourth-order valence-electron chi connectivity index (χ4n) is 2.49. The smallest absolute Gasteiger partial charge is 0.131 e. The van der Waals surface area contributed by atoms with Crippen LogP contribution in [-0.2, 0) is 18.3 Å². The van der Waals surface area contributed by atoms with Crippen LogP contribution >= 0.6 is 0 Å². The quantitative estimate of drug-likeness (QED) is 0.790. The molecule has 0 bridgehead atoms. The Morgan fingerprint density at radius 3 is 2.86 bits per heavy atom. The van der Waals surface area contributed by atoms with Gasteiger partial charge in [-0.3, -0.25) is 9.58 Å². The van der Waals surface area contributed by atoms with E-state index in [0.29, 0.717) is 13.1 Å². The number of aliphatic hydroxyl groups excluding tert-OH is 1. The highest BCUT2D eigenvalue weighted by atomic mass is 16.5. The molecule has 8 heteroatoms. The SMILES string of the molecule is Cn1nccc1-c1cn(CC(O)CN2CCOCC2)nn1. The third-order valence-electron chi connectivity index (χ3n) is 3.59. The van der Waals surface area contributed by atoms with Crippen molar-refractivity contribution in [3.63, 3.8) is 0 Å². The Labute approximate surface area is 122 Å². The molecule has 1 aliphatic rings. The number of morpholine rings is 1. The van der Waals surface area contributed by atoms with Gasteiger partial charge in [0.25, 0.3) is 0 Å². The number of rotatable bonds is 5. The molecule has 1 fully saturated rings. The largest absolute Gasteiger partial charge is 0.390 e. The first-order chi connectivity index (χ1) is 10.2. The maximum absolute atomic E-state index is 10.2. The molecule has 21 heavy (non-hydrogen) atoms. The zero-order valence-corrected chi connectivity index (χ0v) is 12.1. The molecule has 114 valence electrons. The van der Waals surface area contributed by atoms with E-state index >= 15 is 0 Å². The van der Waals surface area contributed by atoms with Gasteiger partial charge in [-0.15, -0.1) is 5.10 Å². The van der Waals surface area contributed by atoms with E-state index in [0.717, 1.165) is 37.7 Å². The lowest BCUT2D eigenvalue weighted by Gasteiger charge is -2.28. The summed E-state index contributed by atoms with van der Waals surface area (Å²) in [6.45, 7) is 4.28. The number of aliphatic hydroxyl groups is 1. The van der Waals surface area contributed by atoms with E-state index in [2.05, 4.69) is 20.3 Å². The Hall–Kier alpha value is -1.77. The first-order valence-corrected chi connectivity index (χ1v) is 7.09. The average Bonchev–Trinajstić information content (AvgIpc) is 3.08. The highest BCUT2D eigenvalue weighted by Gasteiger charge is 2.16. The molecule has 3 rings (SSSR count). The van der Waals surface area contributed by atoms with Gasteiger partial charge in [0.1, 0.15) is 5.69 Å². The van der Waals surface area contributed by atoms with Crippen LogP contribution in [0.4, 0.5) is 0 Å². The summed E-state index contributed by atoms with van der Waals surface area (Å²) in [4.78, 5) is 2.20. The van der Waals surface area contributed by atoms with Crippen LogP contribution < -0.4 is 0 Å². The second-order valence-electron chi connectivity index (χ2n) is 5.23. The van der Waals surface area contributed by atoms with Gasteiger partial charge < -0.3 is 9.84 Å². The molecule has 2 aromatic heterocycles. The van der Waals surface area contributed by atoms with E-state index in [1.807, 2.05) is 19.3 Å². The number of nitrogens with zero attached hydrogens (tertiary/aromatic N) is 6. The van der Waals surface area contributed by atoms with Crippen molar-refractivity contribution in [2.24, 2.45) is 7.05 Å². The van der Waals surface area contributed by atoms with Gasteiger partial charge in [-0.05, 0) is 6.07 Å². The van der Waals surface area contributed by atoms with Crippen LogP contribution in [0.2, 0.25) is 0 Å². The third-order valence-corrected chi connectivity index (χ3v) is 3.59. The van der Waals surface area contributed by atoms with Crippen molar-refractivity contribution < 1.29 is 9.84 Å². The molecule has 1 aliphatic heterocycles. The maximum Gasteiger partial charge on any atom is 0.131 e. The molecule has 0 aromatic carbocycles. The molecular weight excluding hydrogens is 272 g/mol. The number of hydrogen-bond acceptors (Lipinski definition) is 6. The predicted octanol–water partition coefficient (Wildman–Crippen LogP) is -0.628. The van der Waals surface area contributed by atoms with Gasteiger partial charge in [-0.2, -0.15) is 5.10 Å². The monoisotopic (exact) mass is 292 g/mol. The van der Waals surface area contributed by atoms with Crippen molar-refractivity contribution in [2.75, 3.05) is 32.8 Å². The summed E-state index contributed by atoms with van der Waals surface area (Å²) in [5, 5.41) is 22.5. The number of hydrogen-bond donors (Lipinski definition) is 1. The normalized spacial score (nSPS) is 18.0. The van der Waals surface area contributed by atoms with Crippen LogP contribution in [0.5, 0.6) is 0 Å². The van der Waals surface area contributed by atoms with Gasteiger partial charge in [0.2, 0.25) is 0 Å². The first kappa shape index (κ1) is 14.2. The Kier molecular flexibility index (Phi) is 4.28. The molecule has 0 amide bonds. The molecule has 0 aliphatic carbocycles. The molecule has 2 aromatic rings. The Morgan fingerprint density at radius 1 is 1.33 bits per heavy atom. The minimum Gasteiger partial charge on any atom is -0.390 e. The molecule has 0 saturated carbocycles. The van der Waals surface area contributed by atoms with Crippen LogP contribution in [-0.4, -0.2) is 73.7 Å². The van der Waals surface area contributed by atoms with Crippen molar-refractivity contribution in [1.29, 1.82) is 0 Å². The van der Waals surface area contributed by atoms with Gasteiger partial charge >= 0.3 is 0 Å². The Bertz CT molecular complexity index is 575. The molecule has 0 radical (unpaired) electrons. The zero-order chi connectivity index (χ0) is 14.7. The molecule has 1 unspecified atom stereocenters. The maximum atomic E-state index is 10.2. The highest BCUT2D eigenvalue weighted by molar-refractivity contribution is 5.51. The second kappa shape index (κ2) is 6.33. The van der Waals surface area contributed by atoms with Crippen LogP contribution in [0.25, 0.3) is 11.4 Å². The van der Waals surface area contributed by atoms with Crippen LogP contribution in [0.1, 0.15) is 0 Å². The molecular formula is C13H20N6O2. The molecule has 3 heterocycles. The minimum absolute atomic E-state index is 0.433. The van der Waals surface area contributed by atoms with E-state index in [-0.39, 0.29) is 0 Å². The van der Waals surface area contributed by atoms with Crippen LogP contribution in [0.3, 0.4) is 0 Å². The Morgan fingerprint density at radius 2 is 2.14 bits per heavy atom. The second-order valence-corrected chi connectivity index (χ2v) is 5.23. The minimum atomic E-state index is -0.468. The summed E-state index contributed by atoms with van der Waals surface area (Å²) in [7, 11) is 1.86. The van der Waals surface area contributed by atoms with E-state index in [1.165, 1.54) is 0 Å². The summed E-state index contributed by atoms with van der Waals surface area (Å²) in [5.41, 5.74) is 1.66. The van der Waals surface area contributed by atoms with Gasteiger partial charge in [0, 0.05) is 32.9 Å². The number of ether oxygens (including phenoxy) is 1. The van der Waals surface area contributed by atoms with Crippen molar-refractivity contribution >= 4 is 0 Å². The lowest BCUT2D eigenvalue weighted by molar-refractivity contribution is 0.0107. The van der Waals surface area contributed by atoms with Gasteiger partial charge in [-0.25, -0.2) is 4.68 Å². The highest BCUT2D eigenvalue weighted by Crippen LogP contribution is 2.14. The van der Waals surface area contributed by atoms with E-state index in [4.69, 9.17) is 4.74 Å². The molecule has 0 spiro atoms. The van der Waals surface area contributed by atoms with E-state index in [9.17, 15) is 5.11 Å². The molecule has 8 nitrogen and oxygen atoms in total. The number of β-amino-alcohol motifs (C(OH)–C–C–N with tert-alkyl or cyclic N) is 1. The summed E-state index contributed by atoms with van der Waals surface area (Å²) >= 11 is 0. The van der Waals surface area contributed by atoms with Crippen molar-refractivity contribution in [3.05, 3.63) is 18.5 Å². The summed E-state index contributed by atoms with van der Waals surface area (Å²) in [6.07, 6.45) is 3.09. The summed E-state index contributed by atoms with van der Waals surface area (Å²) in [5.74, 6) is 0. The topological polar surface area (TPSA) is 81.2 Å². The van der Waals surface area contributed by atoms with Crippen molar-refractivity contribution in [2.45, 2.75) is 12.6 Å². The van der Waals surface area contributed by atoms with Gasteiger partial charge in [0.15, 0.2) is 0 Å². The van der Waals surface area contributed by atoms with Crippen LogP contribution in [0, 0.1) is 0 Å². The van der Waals surface area contributed by atoms with E-state index < -0.39 is 6.10 Å². The van der Waals surface area contributed by atoms with Crippen molar-refractivity contribution in [3.8, 4) is 11.4 Å². The Balaban J connectivity index is 1.58. The lowest BCUT2D eigenvalue weighted by Crippen LogP contribution is -2.42. The number of aromatic nitrogens is 5. The predicted molar refractivity (Wildman–Crippen MR) is 75.5 cm³/mol. The number of aryl methyl sites for hydroxylation is 1. The lowest BCUT2D eigenvalue weighted by atomic mass is 10.3. The van der Waals surface area contributed by atoms with Gasteiger partial charge in [0.05, 0.1) is 37.8 Å². The molecule has 1 N–H and O–H groups in total. The fraction of sp³-hybridized carbons (Fsp3) is 0.615. The van der Waals surface area contributed by atoms with Gasteiger partial charge in [-0.1, -0.05) is 5.21 Å². The zero-order valence-electron chi connectivity index (χ0n) is 12.1. The standard InChI is InChI=1S/C13H20N6O2/c1-17-13(2-3-14-17)12-10-19(16-15-12)9-11(20)8-18-4-6-21-7-5-18/h2-3,10-11,20H,4-9H2,1H3. The molecule has 1 atom stereocenters. The van der Waals surface area contributed by atoms with E-state index in [1.54, 1.807) is 15.6 Å². The third kappa shape index (κ3) is 3.46. The van der Waals surface area contributed by atoms with Crippen molar-refractivity contribution in [1.82, 2.24) is 29.7 Å².